The Hall–Kier alpha value is -1.87. The van der Waals surface area contributed by atoms with Crippen molar-refractivity contribution in [2.75, 3.05) is 18.1 Å². The van der Waals surface area contributed by atoms with E-state index in [-0.39, 0.29) is 12.0 Å². The van der Waals surface area contributed by atoms with Crippen LogP contribution in [-0.4, -0.2) is 35.1 Å². The van der Waals surface area contributed by atoms with E-state index in [2.05, 4.69) is 20.9 Å². The van der Waals surface area contributed by atoms with Gasteiger partial charge in [0.25, 0.3) is 5.91 Å². The summed E-state index contributed by atoms with van der Waals surface area (Å²) < 4.78 is 6.79. The molecule has 0 saturated carbocycles. The van der Waals surface area contributed by atoms with Gasteiger partial charge in [-0.15, -0.1) is 22.7 Å². The number of benzene rings is 1. The van der Waals surface area contributed by atoms with Gasteiger partial charge in [0.1, 0.15) is 0 Å². The number of aryl methyl sites for hydroxylation is 1. The third kappa shape index (κ3) is 5.19. The lowest BCUT2D eigenvalue weighted by Crippen LogP contribution is -2.36. The average molecular weight is 490 g/mol. The average Bonchev–Trinajstić information content (AvgIpc) is 3.47. The molecule has 3 heterocycles. The summed E-state index contributed by atoms with van der Waals surface area (Å²) in [6, 6.07) is 8.00. The molecule has 0 radical (unpaired) electrons. The molecular weight excluding hydrogens is 470 g/mol. The summed E-state index contributed by atoms with van der Waals surface area (Å²) in [7, 11) is 0. The van der Waals surface area contributed by atoms with Crippen LogP contribution in [0.4, 0.5) is 5.13 Å². The van der Waals surface area contributed by atoms with Gasteiger partial charge in [0.15, 0.2) is 5.13 Å². The Kier molecular flexibility index (Phi) is 6.54. The summed E-state index contributed by atoms with van der Waals surface area (Å²) in [5.74, 6) is -0.108. The molecular formula is C21H20BrN3O2S2. The van der Waals surface area contributed by atoms with Crippen LogP contribution in [0.2, 0.25) is 0 Å². The van der Waals surface area contributed by atoms with Crippen molar-refractivity contribution >= 4 is 55.7 Å². The number of thiazole rings is 2. The van der Waals surface area contributed by atoms with Crippen molar-refractivity contribution in [3.8, 4) is 11.3 Å². The van der Waals surface area contributed by atoms with Crippen molar-refractivity contribution in [1.29, 1.82) is 0 Å². The maximum atomic E-state index is 13.0. The van der Waals surface area contributed by atoms with Crippen LogP contribution < -0.4 is 4.90 Å². The van der Waals surface area contributed by atoms with Gasteiger partial charge in [-0.05, 0) is 38.0 Å². The molecule has 4 rings (SSSR count). The number of ether oxygens (including phenoxy) is 1. The molecule has 2 aromatic heterocycles. The molecule has 0 N–H and O–H groups in total. The highest BCUT2D eigenvalue weighted by atomic mass is 79.9. The second-order valence-corrected chi connectivity index (χ2v) is 9.55. The van der Waals surface area contributed by atoms with Gasteiger partial charge in [0, 0.05) is 33.5 Å². The first-order valence-corrected chi connectivity index (χ1v) is 11.9. The Morgan fingerprint density at radius 2 is 2.10 bits per heavy atom. The van der Waals surface area contributed by atoms with Crippen molar-refractivity contribution in [3.63, 3.8) is 0 Å². The maximum absolute atomic E-state index is 13.0. The Morgan fingerprint density at radius 3 is 2.79 bits per heavy atom. The summed E-state index contributed by atoms with van der Waals surface area (Å²) in [6.45, 7) is 3.21. The number of carbonyl (C=O) groups excluding carboxylic acids is 1. The molecule has 1 fully saturated rings. The molecule has 150 valence electrons. The quantitative estimate of drug-likeness (QED) is 0.425. The zero-order valence-electron chi connectivity index (χ0n) is 15.9. The number of hydrogen-bond donors (Lipinski definition) is 0. The van der Waals surface area contributed by atoms with Crippen LogP contribution in [-0.2, 0) is 9.53 Å². The molecule has 8 heteroatoms. The number of rotatable bonds is 6. The smallest absolute Gasteiger partial charge is 0.252 e. The molecule has 1 atom stereocenters. The number of nitrogens with zero attached hydrogens (tertiary/aromatic N) is 3. The van der Waals surface area contributed by atoms with Crippen molar-refractivity contribution in [2.45, 2.75) is 25.9 Å². The normalized spacial score (nSPS) is 16.6. The topological polar surface area (TPSA) is 55.3 Å². The largest absolute Gasteiger partial charge is 0.376 e. The number of amides is 1. The first kappa shape index (κ1) is 20.4. The zero-order valence-corrected chi connectivity index (χ0v) is 19.1. The lowest BCUT2D eigenvalue weighted by molar-refractivity contribution is -0.114. The van der Waals surface area contributed by atoms with E-state index in [0.717, 1.165) is 45.9 Å². The predicted molar refractivity (Wildman–Crippen MR) is 122 cm³/mol. The summed E-state index contributed by atoms with van der Waals surface area (Å²) >= 11 is 6.50. The van der Waals surface area contributed by atoms with Crippen LogP contribution in [0, 0.1) is 6.92 Å². The molecule has 0 aliphatic carbocycles. The predicted octanol–water partition coefficient (Wildman–Crippen LogP) is 5.56. The van der Waals surface area contributed by atoms with Crippen LogP contribution in [0.1, 0.15) is 23.5 Å². The molecule has 29 heavy (non-hydrogen) atoms. The highest BCUT2D eigenvalue weighted by Gasteiger charge is 2.25. The van der Waals surface area contributed by atoms with Gasteiger partial charge in [0.05, 0.1) is 29.0 Å². The van der Waals surface area contributed by atoms with Crippen molar-refractivity contribution in [3.05, 3.63) is 56.3 Å². The number of hydrogen-bond acceptors (Lipinski definition) is 6. The molecule has 5 nitrogen and oxygen atoms in total. The first-order valence-electron chi connectivity index (χ1n) is 9.33. The van der Waals surface area contributed by atoms with E-state index < -0.39 is 0 Å². The molecule has 1 aliphatic heterocycles. The highest BCUT2D eigenvalue weighted by Crippen LogP contribution is 2.29. The van der Waals surface area contributed by atoms with Gasteiger partial charge in [-0.25, -0.2) is 9.97 Å². The summed E-state index contributed by atoms with van der Waals surface area (Å²) in [5.41, 5.74) is 2.68. The van der Waals surface area contributed by atoms with Gasteiger partial charge in [-0.3, -0.25) is 9.69 Å². The van der Waals surface area contributed by atoms with Gasteiger partial charge in [-0.2, -0.15) is 0 Å². The van der Waals surface area contributed by atoms with Crippen LogP contribution >= 0.6 is 38.6 Å². The van der Waals surface area contributed by atoms with E-state index in [1.54, 1.807) is 28.4 Å². The third-order valence-electron chi connectivity index (χ3n) is 4.57. The lowest BCUT2D eigenvalue weighted by Gasteiger charge is -2.21. The minimum absolute atomic E-state index is 0.0499. The summed E-state index contributed by atoms with van der Waals surface area (Å²) in [6.07, 6.45) is 5.38. The van der Waals surface area contributed by atoms with Crippen LogP contribution in [0.25, 0.3) is 17.3 Å². The zero-order chi connectivity index (χ0) is 20.2. The minimum Gasteiger partial charge on any atom is -0.376 e. The van der Waals surface area contributed by atoms with E-state index in [9.17, 15) is 4.79 Å². The molecule has 3 aromatic rings. The van der Waals surface area contributed by atoms with Gasteiger partial charge in [0.2, 0.25) is 0 Å². The number of halogens is 1. The molecule has 0 bridgehead atoms. The van der Waals surface area contributed by atoms with Gasteiger partial charge < -0.3 is 4.74 Å². The number of carbonyl (C=O) groups is 1. The van der Waals surface area contributed by atoms with Crippen molar-refractivity contribution in [2.24, 2.45) is 0 Å². The van der Waals surface area contributed by atoms with E-state index >= 15 is 0 Å². The van der Waals surface area contributed by atoms with Gasteiger partial charge >= 0.3 is 0 Å². The molecule has 1 amide bonds. The van der Waals surface area contributed by atoms with E-state index in [4.69, 9.17) is 9.72 Å². The second kappa shape index (κ2) is 9.30. The second-order valence-electron chi connectivity index (χ2n) is 6.73. The van der Waals surface area contributed by atoms with Crippen molar-refractivity contribution < 1.29 is 9.53 Å². The molecule has 1 unspecified atom stereocenters. The Morgan fingerprint density at radius 1 is 1.28 bits per heavy atom. The highest BCUT2D eigenvalue weighted by molar-refractivity contribution is 9.10. The standard InChI is InChI=1S/C21H20BrN3O2S2/c1-14-23-17(12-28-14)8-9-20(26)25(11-18-3-2-10-27-18)21-24-19(13-29-21)15-4-6-16(22)7-5-15/h4-9,12-13,18H,2-3,10-11H2,1H3/b9-8+. The molecule has 1 saturated heterocycles. The fraction of sp³-hybridized carbons (Fsp3) is 0.286. The minimum atomic E-state index is -0.108. The van der Waals surface area contributed by atoms with Gasteiger partial charge in [-0.1, -0.05) is 28.1 Å². The maximum Gasteiger partial charge on any atom is 0.252 e. The Bertz CT molecular complexity index is 1010. The SMILES string of the molecule is Cc1nc(/C=C/C(=O)N(CC2CCCO2)c2nc(-c3ccc(Br)cc3)cs2)cs1. The summed E-state index contributed by atoms with van der Waals surface area (Å²) in [4.78, 5) is 23.9. The lowest BCUT2D eigenvalue weighted by atomic mass is 10.2. The van der Waals surface area contributed by atoms with Crippen molar-refractivity contribution in [1.82, 2.24) is 9.97 Å². The molecule has 1 aliphatic rings. The summed E-state index contributed by atoms with van der Waals surface area (Å²) in [5, 5.41) is 5.59. The monoisotopic (exact) mass is 489 g/mol. The third-order valence-corrected chi connectivity index (χ3v) is 6.76. The number of aromatic nitrogens is 2. The van der Waals surface area contributed by atoms with E-state index in [1.165, 1.54) is 11.3 Å². The van der Waals surface area contributed by atoms with E-state index in [0.29, 0.717) is 11.7 Å². The molecule has 0 spiro atoms. The fourth-order valence-corrected chi connectivity index (χ4v) is 4.79. The van der Waals surface area contributed by atoms with Crippen LogP contribution in [0.3, 0.4) is 0 Å². The Balaban J connectivity index is 1.57. The first-order chi connectivity index (χ1) is 14.1. The van der Waals surface area contributed by atoms with E-state index in [1.807, 2.05) is 41.9 Å². The van der Waals surface area contributed by atoms with Crippen LogP contribution in [0.15, 0.2) is 45.6 Å². The number of anilines is 1. The fourth-order valence-electron chi connectivity index (χ4n) is 3.10. The van der Waals surface area contributed by atoms with Crippen LogP contribution in [0.5, 0.6) is 0 Å². The molecule has 1 aromatic carbocycles. The Labute approximate surface area is 186 Å².